The van der Waals surface area contributed by atoms with Gasteiger partial charge in [0, 0.05) is 11.1 Å². The maximum absolute atomic E-state index is 11.2. The molecule has 0 aromatic carbocycles. The average Bonchev–Trinajstić information content (AvgIpc) is 2.46. The third kappa shape index (κ3) is 2.97. The van der Waals surface area contributed by atoms with Crippen molar-refractivity contribution in [2.24, 2.45) is 0 Å². The molecule has 13 heavy (non-hydrogen) atoms. The largest absolute Gasteiger partial charge is 0.254 e. The van der Waals surface area contributed by atoms with E-state index in [1.807, 2.05) is 12.3 Å². The number of thioether (sulfide) groups is 1. The van der Waals surface area contributed by atoms with Crippen LogP contribution in [0.25, 0.3) is 6.08 Å². The van der Waals surface area contributed by atoms with Crippen LogP contribution in [0.3, 0.4) is 0 Å². The summed E-state index contributed by atoms with van der Waals surface area (Å²) in [6.07, 6.45) is 5.68. The summed E-state index contributed by atoms with van der Waals surface area (Å²) in [6.45, 7) is 2.07. The van der Waals surface area contributed by atoms with Gasteiger partial charge in [-0.3, -0.25) is 4.21 Å². The second-order valence-corrected chi connectivity index (χ2v) is 5.99. The van der Waals surface area contributed by atoms with Crippen molar-refractivity contribution in [3.63, 3.8) is 0 Å². The molecule has 72 valence electrons. The number of rotatable bonds is 3. The molecule has 0 saturated heterocycles. The summed E-state index contributed by atoms with van der Waals surface area (Å²) >= 11 is 3.24. The highest BCUT2D eigenvalue weighted by Gasteiger charge is 2.02. The Hall–Kier alpha value is -0.0600. The molecule has 1 atom stereocenters. The second-order valence-electron chi connectivity index (χ2n) is 2.59. The van der Waals surface area contributed by atoms with E-state index in [1.54, 1.807) is 29.4 Å². The lowest BCUT2D eigenvalue weighted by Crippen LogP contribution is -1.86. The van der Waals surface area contributed by atoms with Gasteiger partial charge >= 0.3 is 0 Å². The fraction of sp³-hybridized carbons (Fsp3) is 0.333. The third-order valence-electron chi connectivity index (χ3n) is 1.64. The van der Waals surface area contributed by atoms with E-state index < -0.39 is 10.8 Å². The quantitative estimate of drug-likeness (QED) is 0.796. The average molecular weight is 232 g/mol. The van der Waals surface area contributed by atoms with Gasteiger partial charge in [0.05, 0.1) is 15.0 Å². The van der Waals surface area contributed by atoms with Crippen LogP contribution in [0.4, 0.5) is 0 Å². The van der Waals surface area contributed by atoms with Gasteiger partial charge in [-0.2, -0.15) is 0 Å². The normalized spacial score (nSPS) is 14.5. The lowest BCUT2D eigenvalue weighted by molar-refractivity contribution is 0.691. The standard InChI is InChI=1S/C9H12OS3/c1-7-4-5-12-8(7)6-9(11-2)13(3)10/h4-6H,1-3H3. The zero-order valence-electron chi connectivity index (χ0n) is 7.87. The Kier molecular flexibility index (Phi) is 4.22. The Labute approximate surface area is 89.7 Å². The van der Waals surface area contributed by atoms with Gasteiger partial charge in [-0.1, -0.05) is 0 Å². The summed E-state index contributed by atoms with van der Waals surface area (Å²) in [7, 11) is -0.866. The third-order valence-corrected chi connectivity index (χ3v) is 5.01. The van der Waals surface area contributed by atoms with Crippen LogP contribution in [0.5, 0.6) is 0 Å². The Bertz CT molecular complexity index is 338. The summed E-state index contributed by atoms with van der Waals surface area (Å²) in [5, 5.41) is 2.05. The molecule has 0 fully saturated rings. The fourth-order valence-corrected chi connectivity index (χ4v) is 3.36. The van der Waals surface area contributed by atoms with Crippen LogP contribution < -0.4 is 0 Å². The van der Waals surface area contributed by atoms with E-state index in [9.17, 15) is 4.21 Å². The summed E-state index contributed by atoms with van der Waals surface area (Å²) in [5.41, 5.74) is 1.25. The number of aryl methyl sites for hydroxylation is 1. The first kappa shape index (κ1) is 11.0. The minimum absolute atomic E-state index is 0.866. The van der Waals surface area contributed by atoms with Gasteiger partial charge in [0.2, 0.25) is 0 Å². The van der Waals surface area contributed by atoms with Crippen LogP contribution >= 0.6 is 23.1 Å². The van der Waals surface area contributed by atoms with E-state index in [1.165, 1.54) is 10.4 Å². The summed E-state index contributed by atoms with van der Waals surface area (Å²) in [4.78, 5) is 1.21. The highest BCUT2D eigenvalue weighted by atomic mass is 32.2. The predicted molar refractivity (Wildman–Crippen MR) is 64.6 cm³/mol. The van der Waals surface area contributed by atoms with Crippen LogP contribution in [0.15, 0.2) is 15.7 Å². The molecule has 0 aliphatic rings. The highest BCUT2D eigenvalue weighted by Crippen LogP contribution is 2.24. The Balaban J connectivity index is 2.98. The van der Waals surface area contributed by atoms with Crippen LogP contribution in [-0.4, -0.2) is 16.7 Å². The molecule has 1 aromatic heterocycles. The number of hydrogen-bond acceptors (Lipinski definition) is 3. The summed E-state index contributed by atoms with van der Waals surface area (Å²) in [6, 6.07) is 2.08. The Morgan fingerprint density at radius 2 is 2.38 bits per heavy atom. The highest BCUT2D eigenvalue weighted by molar-refractivity contribution is 8.16. The van der Waals surface area contributed by atoms with Crippen LogP contribution in [-0.2, 0) is 10.8 Å². The molecule has 0 aliphatic carbocycles. The molecule has 1 nitrogen and oxygen atoms in total. The van der Waals surface area contributed by atoms with E-state index >= 15 is 0 Å². The topological polar surface area (TPSA) is 17.1 Å². The van der Waals surface area contributed by atoms with E-state index in [4.69, 9.17) is 0 Å². The maximum Gasteiger partial charge on any atom is 0.0724 e. The van der Waals surface area contributed by atoms with Crippen molar-refractivity contribution in [3.8, 4) is 0 Å². The minimum atomic E-state index is -0.866. The summed E-state index contributed by atoms with van der Waals surface area (Å²) in [5.74, 6) is 0. The molecule has 1 aromatic rings. The molecule has 1 rings (SSSR count). The zero-order chi connectivity index (χ0) is 9.84. The molecular formula is C9H12OS3. The first-order valence-corrected chi connectivity index (χ1v) is 7.44. The molecule has 0 radical (unpaired) electrons. The van der Waals surface area contributed by atoms with Crippen LogP contribution in [0, 0.1) is 6.92 Å². The molecular weight excluding hydrogens is 220 g/mol. The summed E-state index contributed by atoms with van der Waals surface area (Å²) < 4.78 is 12.2. The van der Waals surface area contributed by atoms with Crippen molar-refractivity contribution in [2.45, 2.75) is 6.92 Å². The van der Waals surface area contributed by atoms with Gasteiger partial charge in [-0.15, -0.1) is 23.1 Å². The number of hydrogen-bond donors (Lipinski definition) is 0. The van der Waals surface area contributed by atoms with Gasteiger partial charge in [-0.25, -0.2) is 0 Å². The smallest absolute Gasteiger partial charge is 0.0724 e. The molecule has 1 unspecified atom stereocenters. The second kappa shape index (κ2) is 4.98. The van der Waals surface area contributed by atoms with Crippen molar-refractivity contribution in [3.05, 3.63) is 26.1 Å². The zero-order valence-corrected chi connectivity index (χ0v) is 10.3. The monoisotopic (exact) mass is 232 g/mol. The predicted octanol–water partition coefficient (Wildman–Crippen LogP) is 3.10. The van der Waals surface area contributed by atoms with Gasteiger partial charge in [0.15, 0.2) is 0 Å². The fourth-order valence-electron chi connectivity index (χ4n) is 0.899. The van der Waals surface area contributed by atoms with Crippen molar-refractivity contribution in [2.75, 3.05) is 12.5 Å². The van der Waals surface area contributed by atoms with Crippen molar-refractivity contribution in [1.29, 1.82) is 0 Å². The lowest BCUT2D eigenvalue weighted by Gasteiger charge is -1.98. The van der Waals surface area contributed by atoms with Gasteiger partial charge in [0.25, 0.3) is 0 Å². The van der Waals surface area contributed by atoms with Gasteiger partial charge in [-0.05, 0) is 36.3 Å². The minimum Gasteiger partial charge on any atom is -0.254 e. The van der Waals surface area contributed by atoms with Gasteiger partial charge in [0.1, 0.15) is 0 Å². The Morgan fingerprint density at radius 3 is 2.77 bits per heavy atom. The molecule has 0 aliphatic heterocycles. The Morgan fingerprint density at radius 1 is 1.69 bits per heavy atom. The van der Waals surface area contributed by atoms with E-state index in [0.717, 1.165) is 4.24 Å². The van der Waals surface area contributed by atoms with Crippen molar-refractivity contribution in [1.82, 2.24) is 0 Å². The van der Waals surface area contributed by atoms with E-state index in [0.29, 0.717) is 0 Å². The van der Waals surface area contributed by atoms with E-state index in [-0.39, 0.29) is 0 Å². The SMILES string of the molecule is CSC(=Cc1sccc1C)S(C)=O. The first-order chi connectivity index (χ1) is 6.15. The molecule has 0 spiro atoms. The number of thiophene rings is 1. The molecule has 4 heteroatoms. The first-order valence-electron chi connectivity index (χ1n) is 3.78. The van der Waals surface area contributed by atoms with E-state index in [2.05, 4.69) is 18.4 Å². The molecule has 0 amide bonds. The van der Waals surface area contributed by atoms with Crippen LogP contribution in [0.1, 0.15) is 10.4 Å². The molecule has 0 N–H and O–H groups in total. The molecule has 1 heterocycles. The van der Waals surface area contributed by atoms with Crippen molar-refractivity contribution >= 4 is 40.0 Å². The molecule has 0 saturated carbocycles. The lowest BCUT2D eigenvalue weighted by atomic mass is 10.3. The van der Waals surface area contributed by atoms with Gasteiger partial charge < -0.3 is 0 Å². The maximum atomic E-state index is 11.2. The molecule has 0 bridgehead atoms. The van der Waals surface area contributed by atoms with Crippen LogP contribution in [0.2, 0.25) is 0 Å². The van der Waals surface area contributed by atoms with Crippen molar-refractivity contribution < 1.29 is 4.21 Å².